The average molecular weight is 483 g/mol. The highest BCUT2D eigenvalue weighted by atomic mass is 35.5. The number of sulfonamides is 1. The summed E-state index contributed by atoms with van der Waals surface area (Å²) < 4.78 is 28.1. The maximum Gasteiger partial charge on any atom is 0.243 e. The van der Waals surface area contributed by atoms with E-state index in [9.17, 15) is 13.2 Å². The number of aryl methyl sites for hydroxylation is 2. The maximum absolute atomic E-state index is 13.4. The van der Waals surface area contributed by atoms with E-state index in [1.807, 2.05) is 49.4 Å². The van der Waals surface area contributed by atoms with Crippen LogP contribution in [0.4, 0.5) is 0 Å². The van der Waals surface area contributed by atoms with Gasteiger partial charge in [-0.25, -0.2) is 8.42 Å². The lowest BCUT2D eigenvalue weighted by molar-refractivity contribution is -0.122. The Morgan fingerprint density at radius 2 is 1.73 bits per heavy atom. The highest BCUT2D eigenvalue weighted by Gasteiger charge is 2.29. The molecule has 0 spiro atoms. The number of rotatable bonds is 7. The van der Waals surface area contributed by atoms with Gasteiger partial charge in [0, 0.05) is 11.6 Å². The molecule has 0 saturated carbocycles. The molecule has 1 aliphatic carbocycles. The summed E-state index contributed by atoms with van der Waals surface area (Å²) in [5.74, 6) is -0.318. The molecule has 0 heterocycles. The van der Waals surface area contributed by atoms with E-state index < -0.39 is 10.0 Å². The number of benzene rings is 3. The second-order valence-corrected chi connectivity index (χ2v) is 10.8. The first-order chi connectivity index (χ1) is 15.8. The first kappa shape index (κ1) is 23.5. The summed E-state index contributed by atoms with van der Waals surface area (Å²) in [6.07, 6.45) is 2.82. The smallest absolute Gasteiger partial charge is 0.243 e. The third kappa shape index (κ3) is 5.64. The van der Waals surface area contributed by atoms with E-state index in [0.29, 0.717) is 5.02 Å². The lowest BCUT2D eigenvalue weighted by atomic mass is 9.88. The van der Waals surface area contributed by atoms with Crippen LogP contribution in [0.25, 0.3) is 0 Å². The van der Waals surface area contributed by atoms with Gasteiger partial charge in [0.05, 0.1) is 17.5 Å². The minimum Gasteiger partial charge on any atom is -0.348 e. The number of fused-ring (bicyclic) bond motifs is 1. The van der Waals surface area contributed by atoms with Crippen molar-refractivity contribution in [1.82, 2.24) is 9.62 Å². The first-order valence-corrected chi connectivity index (χ1v) is 12.8. The van der Waals surface area contributed by atoms with Gasteiger partial charge in [0.25, 0.3) is 0 Å². The summed E-state index contributed by atoms with van der Waals surface area (Å²) in [5.41, 5.74) is 4.25. The second-order valence-electron chi connectivity index (χ2n) is 8.42. The molecule has 1 amide bonds. The molecule has 3 aromatic carbocycles. The average Bonchev–Trinajstić information content (AvgIpc) is 2.80. The summed E-state index contributed by atoms with van der Waals surface area (Å²) >= 11 is 5.95. The predicted octanol–water partition coefficient (Wildman–Crippen LogP) is 5.03. The lowest BCUT2D eigenvalue weighted by Gasteiger charge is -2.28. The van der Waals surface area contributed by atoms with Crippen LogP contribution < -0.4 is 5.32 Å². The van der Waals surface area contributed by atoms with Crippen molar-refractivity contribution in [2.45, 2.75) is 43.7 Å². The minimum absolute atomic E-state index is 0.0971. The molecule has 0 bridgehead atoms. The van der Waals surface area contributed by atoms with Crippen LogP contribution in [0.5, 0.6) is 0 Å². The summed E-state index contributed by atoms with van der Waals surface area (Å²) in [5, 5.41) is 3.52. The molecule has 3 aromatic rings. The standard InChI is InChI=1S/C26H27ClN2O3S/c1-19-9-11-20(12-10-19)17-29(33(31,32)23-15-13-22(27)14-16-23)18-26(30)28-25-8-4-6-21-5-2-3-7-24(21)25/h2-3,5,7,9-16,25H,4,6,8,17-18H2,1H3,(H,28,30)/t25-/m1/s1. The molecule has 1 aliphatic rings. The zero-order valence-corrected chi connectivity index (χ0v) is 20.1. The monoisotopic (exact) mass is 482 g/mol. The predicted molar refractivity (Wildman–Crippen MR) is 130 cm³/mol. The van der Waals surface area contributed by atoms with Gasteiger partial charge in [0.15, 0.2) is 0 Å². The Kier molecular flexibility index (Phi) is 7.17. The van der Waals surface area contributed by atoms with Crippen LogP contribution >= 0.6 is 11.6 Å². The maximum atomic E-state index is 13.4. The summed E-state index contributed by atoms with van der Waals surface area (Å²) in [4.78, 5) is 13.2. The second kappa shape index (κ2) is 10.1. The molecule has 0 aliphatic heterocycles. The molecule has 0 radical (unpaired) electrons. The van der Waals surface area contributed by atoms with E-state index >= 15 is 0 Å². The summed E-state index contributed by atoms with van der Waals surface area (Å²) in [6.45, 7) is 1.80. The third-order valence-corrected chi connectivity index (χ3v) is 8.01. The van der Waals surface area contributed by atoms with Crippen LogP contribution in [-0.4, -0.2) is 25.2 Å². The molecule has 0 aromatic heterocycles. The number of halogens is 1. The Balaban J connectivity index is 1.57. The SMILES string of the molecule is Cc1ccc(CN(CC(=O)N[C@@H]2CCCc3ccccc32)S(=O)(=O)c2ccc(Cl)cc2)cc1. The topological polar surface area (TPSA) is 66.5 Å². The number of amides is 1. The fourth-order valence-corrected chi connectivity index (χ4v) is 5.69. The quantitative estimate of drug-likeness (QED) is 0.513. The Bertz CT molecular complexity index is 1230. The van der Waals surface area contributed by atoms with E-state index in [4.69, 9.17) is 11.6 Å². The number of nitrogens with one attached hydrogen (secondary N) is 1. The van der Waals surface area contributed by atoms with Gasteiger partial charge in [-0.1, -0.05) is 65.7 Å². The van der Waals surface area contributed by atoms with E-state index in [1.165, 1.54) is 34.1 Å². The third-order valence-electron chi connectivity index (χ3n) is 5.96. The summed E-state index contributed by atoms with van der Waals surface area (Å²) in [7, 11) is -3.91. The van der Waals surface area contributed by atoms with E-state index in [0.717, 1.165) is 36.0 Å². The Morgan fingerprint density at radius 3 is 2.45 bits per heavy atom. The van der Waals surface area contributed by atoms with Crippen molar-refractivity contribution in [2.24, 2.45) is 0 Å². The Labute approximate surface area is 200 Å². The molecular formula is C26H27ClN2O3S. The molecule has 33 heavy (non-hydrogen) atoms. The highest BCUT2D eigenvalue weighted by molar-refractivity contribution is 7.89. The fourth-order valence-electron chi connectivity index (χ4n) is 4.18. The van der Waals surface area contributed by atoms with Crippen LogP contribution in [0.3, 0.4) is 0 Å². The Hall–Kier alpha value is -2.67. The van der Waals surface area contributed by atoms with Crippen LogP contribution in [-0.2, 0) is 27.8 Å². The number of hydrogen-bond donors (Lipinski definition) is 1. The molecule has 0 unspecified atom stereocenters. The first-order valence-electron chi connectivity index (χ1n) is 11.0. The summed E-state index contributed by atoms with van der Waals surface area (Å²) in [6, 6.07) is 21.6. The van der Waals surface area contributed by atoms with Crippen molar-refractivity contribution in [1.29, 1.82) is 0 Å². The largest absolute Gasteiger partial charge is 0.348 e. The van der Waals surface area contributed by atoms with Crippen LogP contribution in [0.1, 0.15) is 41.1 Å². The molecule has 0 saturated heterocycles. The van der Waals surface area contributed by atoms with Gasteiger partial charge in [-0.2, -0.15) is 4.31 Å². The molecule has 4 rings (SSSR count). The minimum atomic E-state index is -3.91. The van der Waals surface area contributed by atoms with Gasteiger partial charge < -0.3 is 5.32 Å². The van der Waals surface area contributed by atoms with Crippen molar-refractivity contribution in [2.75, 3.05) is 6.54 Å². The van der Waals surface area contributed by atoms with Gasteiger partial charge in [-0.15, -0.1) is 0 Å². The number of hydrogen-bond acceptors (Lipinski definition) is 3. The zero-order valence-electron chi connectivity index (χ0n) is 18.5. The van der Waals surface area contributed by atoms with Crippen LogP contribution in [0.15, 0.2) is 77.7 Å². The number of carbonyl (C=O) groups excluding carboxylic acids is 1. The van der Waals surface area contributed by atoms with Crippen molar-refractivity contribution in [3.8, 4) is 0 Å². The van der Waals surface area contributed by atoms with Gasteiger partial charge >= 0.3 is 0 Å². The van der Waals surface area contributed by atoms with Crippen molar-refractivity contribution in [3.63, 3.8) is 0 Å². The van der Waals surface area contributed by atoms with Gasteiger partial charge in [-0.3, -0.25) is 4.79 Å². The van der Waals surface area contributed by atoms with E-state index in [-0.39, 0.29) is 29.9 Å². The van der Waals surface area contributed by atoms with Crippen molar-refractivity contribution < 1.29 is 13.2 Å². The van der Waals surface area contributed by atoms with Crippen LogP contribution in [0, 0.1) is 6.92 Å². The Morgan fingerprint density at radius 1 is 1.03 bits per heavy atom. The molecule has 1 atom stereocenters. The van der Waals surface area contributed by atoms with E-state index in [2.05, 4.69) is 11.4 Å². The van der Waals surface area contributed by atoms with Crippen molar-refractivity contribution in [3.05, 3.63) is 100 Å². The van der Waals surface area contributed by atoms with Gasteiger partial charge in [-0.05, 0) is 67.1 Å². The fraction of sp³-hybridized carbons (Fsp3) is 0.269. The zero-order chi connectivity index (χ0) is 23.4. The van der Waals surface area contributed by atoms with E-state index in [1.54, 1.807) is 0 Å². The van der Waals surface area contributed by atoms with Crippen molar-refractivity contribution >= 4 is 27.5 Å². The number of nitrogens with zero attached hydrogens (tertiary/aromatic N) is 1. The highest BCUT2D eigenvalue weighted by Crippen LogP contribution is 2.29. The lowest BCUT2D eigenvalue weighted by Crippen LogP contribution is -2.42. The normalized spacial score (nSPS) is 15.8. The van der Waals surface area contributed by atoms with Gasteiger partial charge in [0.2, 0.25) is 15.9 Å². The van der Waals surface area contributed by atoms with Gasteiger partial charge in [0.1, 0.15) is 0 Å². The molecular weight excluding hydrogens is 456 g/mol. The van der Waals surface area contributed by atoms with Crippen LogP contribution in [0.2, 0.25) is 5.02 Å². The molecule has 5 nitrogen and oxygen atoms in total. The molecule has 0 fully saturated rings. The molecule has 172 valence electrons. The molecule has 1 N–H and O–H groups in total. The molecule has 7 heteroatoms. The number of carbonyl (C=O) groups is 1.